The molecular weight excluding hydrogens is 643 g/mol. The quantitative estimate of drug-likeness (QED) is 0.184. The molecule has 9 aromatic carbocycles. The molecule has 0 N–H and O–H groups in total. The zero-order valence-electron chi connectivity index (χ0n) is 29.6. The summed E-state index contributed by atoms with van der Waals surface area (Å²) in [5.74, 6) is 0. The maximum atomic E-state index is 6.79. The van der Waals surface area contributed by atoms with Crippen LogP contribution < -0.4 is 4.90 Å². The van der Waals surface area contributed by atoms with Gasteiger partial charge < -0.3 is 9.32 Å². The molecule has 10 aromatic rings. The first-order valence-electron chi connectivity index (χ1n) is 18.4. The van der Waals surface area contributed by atoms with Gasteiger partial charge in [-0.1, -0.05) is 141 Å². The third kappa shape index (κ3) is 4.45. The van der Waals surface area contributed by atoms with Crippen LogP contribution in [0.25, 0.3) is 76.5 Å². The first-order chi connectivity index (χ1) is 26.0. The number of benzene rings is 9. The van der Waals surface area contributed by atoms with E-state index in [1.165, 1.54) is 65.7 Å². The van der Waals surface area contributed by atoms with Crippen LogP contribution in [-0.2, 0) is 5.41 Å². The van der Waals surface area contributed by atoms with E-state index in [0.717, 1.165) is 39.0 Å². The first kappa shape index (κ1) is 30.0. The van der Waals surface area contributed by atoms with E-state index >= 15 is 0 Å². The molecular formula is C51H35NO. The van der Waals surface area contributed by atoms with Crippen LogP contribution in [0.2, 0.25) is 0 Å². The van der Waals surface area contributed by atoms with Gasteiger partial charge in [-0.3, -0.25) is 0 Å². The van der Waals surface area contributed by atoms with Gasteiger partial charge in [0.15, 0.2) is 5.58 Å². The van der Waals surface area contributed by atoms with Crippen molar-refractivity contribution in [2.24, 2.45) is 0 Å². The lowest BCUT2D eigenvalue weighted by Gasteiger charge is -2.30. The summed E-state index contributed by atoms with van der Waals surface area (Å²) in [6.45, 7) is 4.72. The van der Waals surface area contributed by atoms with Crippen LogP contribution in [0.15, 0.2) is 180 Å². The third-order valence-corrected chi connectivity index (χ3v) is 11.6. The van der Waals surface area contributed by atoms with E-state index in [-0.39, 0.29) is 5.41 Å². The Balaban J connectivity index is 1.23. The van der Waals surface area contributed by atoms with Gasteiger partial charge in [0.05, 0.1) is 11.4 Å². The van der Waals surface area contributed by atoms with Crippen LogP contribution >= 0.6 is 0 Å². The van der Waals surface area contributed by atoms with Gasteiger partial charge in [0.25, 0.3) is 0 Å². The Morgan fingerprint density at radius 3 is 1.91 bits per heavy atom. The minimum atomic E-state index is -0.129. The summed E-state index contributed by atoms with van der Waals surface area (Å²) in [4.78, 5) is 2.44. The minimum Gasteiger partial charge on any atom is -0.454 e. The summed E-state index contributed by atoms with van der Waals surface area (Å²) in [6, 6.07) is 64.3. The highest BCUT2D eigenvalue weighted by atomic mass is 16.3. The Morgan fingerprint density at radius 1 is 0.434 bits per heavy atom. The normalized spacial score (nSPS) is 13.2. The molecule has 0 bridgehead atoms. The molecule has 53 heavy (non-hydrogen) atoms. The van der Waals surface area contributed by atoms with Crippen molar-refractivity contribution in [3.8, 4) is 22.3 Å². The SMILES string of the molecule is CC1(C)c2ccc(N(c3ccc4ccccc4c3-c3ccc4ccccc4c3)c3cccc4c3oc3ccccc34)cc2-c2cc3ccccc3cc21. The molecule has 0 spiro atoms. The number of fused-ring (bicyclic) bond motifs is 9. The van der Waals surface area contributed by atoms with Gasteiger partial charge in [0.1, 0.15) is 5.58 Å². The van der Waals surface area contributed by atoms with E-state index in [1.54, 1.807) is 0 Å². The molecule has 0 fully saturated rings. The lowest BCUT2D eigenvalue weighted by molar-refractivity contribution is 0.661. The van der Waals surface area contributed by atoms with E-state index in [4.69, 9.17) is 4.42 Å². The summed E-state index contributed by atoms with van der Waals surface area (Å²) in [5.41, 5.74) is 12.5. The third-order valence-electron chi connectivity index (χ3n) is 11.6. The predicted molar refractivity (Wildman–Crippen MR) is 224 cm³/mol. The molecule has 1 heterocycles. The maximum absolute atomic E-state index is 6.79. The van der Waals surface area contributed by atoms with Gasteiger partial charge in [-0.15, -0.1) is 0 Å². The summed E-state index contributed by atoms with van der Waals surface area (Å²) in [7, 11) is 0. The highest BCUT2D eigenvalue weighted by Gasteiger charge is 2.36. The molecule has 0 aliphatic heterocycles. The van der Waals surface area contributed by atoms with Crippen LogP contribution in [0.3, 0.4) is 0 Å². The maximum Gasteiger partial charge on any atom is 0.159 e. The molecule has 250 valence electrons. The molecule has 0 amide bonds. The first-order valence-corrected chi connectivity index (χ1v) is 18.4. The van der Waals surface area contributed by atoms with Gasteiger partial charge in [0.2, 0.25) is 0 Å². The number of furan rings is 1. The van der Waals surface area contributed by atoms with Crippen molar-refractivity contribution >= 4 is 71.3 Å². The van der Waals surface area contributed by atoms with E-state index in [2.05, 4.69) is 189 Å². The van der Waals surface area contributed by atoms with Gasteiger partial charge in [-0.25, -0.2) is 0 Å². The van der Waals surface area contributed by atoms with Crippen molar-refractivity contribution in [2.45, 2.75) is 19.3 Å². The van der Waals surface area contributed by atoms with Gasteiger partial charge in [0, 0.05) is 27.4 Å². The number of anilines is 3. The van der Waals surface area contributed by atoms with Crippen molar-refractivity contribution in [1.29, 1.82) is 0 Å². The topological polar surface area (TPSA) is 16.4 Å². The van der Waals surface area contributed by atoms with Crippen molar-refractivity contribution in [3.05, 3.63) is 187 Å². The van der Waals surface area contributed by atoms with Gasteiger partial charge in [-0.05, 0) is 109 Å². The van der Waals surface area contributed by atoms with E-state index in [0.29, 0.717) is 0 Å². The molecule has 0 unspecified atom stereocenters. The Bertz CT molecular complexity index is 3110. The highest BCUT2D eigenvalue weighted by molar-refractivity contribution is 6.13. The van der Waals surface area contributed by atoms with Crippen LogP contribution in [0.1, 0.15) is 25.0 Å². The number of rotatable bonds is 4. The van der Waals surface area contributed by atoms with E-state index < -0.39 is 0 Å². The average molecular weight is 678 g/mol. The molecule has 0 radical (unpaired) electrons. The summed E-state index contributed by atoms with van der Waals surface area (Å²) in [5, 5.41) is 9.63. The fraction of sp³-hybridized carbons (Fsp3) is 0.0588. The zero-order chi connectivity index (χ0) is 35.3. The second kappa shape index (κ2) is 11.2. The molecule has 1 aromatic heterocycles. The molecule has 0 saturated carbocycles. The fourth-order valence-corrected chi connectivity index (χ4v) is 8.98. The number of hydrogen-bond donors (Lipinski definition) is 0. The summed E-state index contributed by atoms with van der Waals surface area (Å²) < 4.78 is 6.79. The monoisotopic (exact) mass is 677 g/mol. The van der Waals surface area contributed by atoms with E-state index in [1.807, 2.05) is 6.07 Å². The van der Waals surface area contributed by atoms with Crippen molar-refractivity contribution in [3.63, 3.8) is 0 Å². The lowest BCUT2D eigenvalue weighted by Crippen LogP contribution is -2.16. The Kier molecular flexibility index (Phi) is 6.33. The number of hydrogen-bond acceptors (Lipinski definition) is 2. The molecule has 2 heteroatoms. The molecule has 1 aliphatic rings. The number of nitrogens with zero attached hydrogens (tertiary/aromatic N) is 1. The van der Waals surface area contributed by atoms with Crippen molar-refractivity contribution in [1.82, 2.24) is 0 Å². The molecule has 11 rings (SSSR count). The second-order valence-electron chi connectivity index (χ2n) is 14.9. The number of para-hydroxylation sites is 2. The van der Waals surface area contributed by atoms with Crippen molar-refractivity contribution < 1.29 is 4.42 Å². The smallest absolute Gasteiger partial charge is 0.159 e. The lowest BCUT2D eigenvalue weighted by atomic mass is 9.82. The molecule has 0 atom stereocenters. The summed E-state index contributed by atoms with van der Waals surface area (Å²) >= 11 is 0. The highest BCUT2D eigenvalue weighted by Crippen LogP contribution is 2.53. The van der Waals surface area contributed by atoms with Gasteiger partial charge >= 0.3 is 0 Å². The van der Waals surface area contributed by atoms with Crippen LogP contribution in [0.5, 0.6) is 0 Å². The Labute approximate surface area is 308 Å². The van der Waals surface area contributed by atoms with Crippen LogP contribution in [0.4, 0.5) is 17.1 Å². The van der Waals surface area contributed by atoms with Gasteiger partial charge in [-0.2, -0.15) is 0 Å². The zero-order valence-corrected chi connectivity index (χ0v) is 29.6. The fourth-order valence-electron chi connectivity index (χ4n) is 8.98. The summed E-state index contributed by atoms with van der Waals surface area (Å²) in [6.07, 6.45) is 0. The molecule has 0 saturated heterocycles. The molecule has 2 nitrogen and oxygen atoms in total. The predicted octanol–water partition coefficient (Wildman–Crippen LogP) is 14.5. The van der Waals surface area contributed by atoms with E-state index in [9.17, 15) is 0 Å². The Hall–Kier alpha value is -6.64. The minimum absolute atomic E-state index is 0.129. The second-order valence-corrected chi connectivity index (χ2v) is 14.9. The Morgan fingerprint density at radius 2 is 1.08 bits per heavy atom. The largest absolute Gasteiger partial charge is 0.454 e. The van der Waals surface area contributed by atoms with Crippen LogP contribution in [-0.4, -0.2) is 0 Å². The van der Waals surface area contributed by atoms with Crippen LogP contribution in [0, 0.1) is 0 Å². The molecule has 1 aliphatic carbocycles. The average Bonchev–Trinajstić information content (AvgIpc) is 3.69. The standard InChI is InChI=1S/C51H35NO/c1-51(2)44-26-25-38(31-43(44)42-29-35-15-5-6-16-36(35)30-45(42)51)52(47-20-11-19-41-40-18-9-10-21-48(40)53-50(41)47)46-27-24-33-13-7-8-17-39(33)49(46)37-23-22-32-12-3-4-14-34(32)28-37/h3-31H,1-2H3. The van der Waals surface area contributed by atoms with Crippen molar-refractivity contribution in [2.75, 3.05) is 4.90 Å².